The summed E-state index contributed by atoms with van der Waals surface area (Å²) >= 11 is 0. The molecule has 2 aromatic carbocycles. The molecule has 1 N–H and O–H groups in total. The van der Waals surface area contributed by atoms with Crippen LogP contribution in [0.15, 0.2) is 52.9 Å². The number of nitrogens with one attached hydrogen (secondary N) is 1. The van der Waals surface area contributed by atoms with E-state index in [0.29, 0.717) is 23.3 Å². The van der Waals surface area contributed by atoms with Crippen LogP contribution in [0.2, 0.25) is 0 Å². The number of unbranched alkanes of at least 4 members (excludes halogenated alkanes) is 1. The molecule has 31 heavy (non-hydrogen) atoms. The Morgan fingerprint density at radius 1 is 1.03 bits per heavy atom. The molecule has 164 valence electrons. The third kappa shape index (κ3) is 5.76. The van der Waals surface area contributed by atoms with Crippen LogP contribution in [-0.2, 0) is 6.42 Å². The molecule has 0 unspecified atom stereocenters. The summed E-state index contributed by atoms with van der Waals surface area (Å²) in [6, 6.07) is 14.9. The van der Waals surface area contributed by atoms with Gasteiger partial charge in [0.1, 0.15) is 0 Å². The molecule has 3 aromatic rings. The summed E-state index contributed by atoms with van der Waals surface area (Å²) in [5.74, 6) is 1.21. The van der Waals surface area contributed by atoms with Crippen LogP contribution in [0.3, 0.4) is 0 Å². The topological polar surface area (TPSA) is 94.1 Å². The zero-order chi connectivity index (χ0) is 22.4. The summed E-state index contributed by atoms with van der Waals surface area (Å²) in [6.07, 6.45) is 3.51. The Kier molecular flexibility index (Phi) is 7.52. The molecule has 0 fully saturated rings. The molecule has 0 aliphatic rings. The number of rotatable bonds is 10. The smallest absolute Gasteiger partial charge is 0.269 e. The first kappa shape index (κ1) is 22.6. The Labute approximate surface area is 183 Å². The van der Waals surface area contributed by atoms with Crippen molar-refractivity contribution in [3.8, 4) is 11.5 Å². The molecule has 0 saturated carbocycles. The van der Waals surface area contributed by atoms with Crippen LogP contribution in [0.1, 0.15) is 69.6 Å². The highest BCUT2D eigenvalue weighted by molar-refractivity contribution is 5.55. The normalized spacial score (nSPS) is 13.3. The van der Waals surface area contributed by atoms with Gasteiger partial charge in [-0.2, -0.15) is 0 Å². The van der Waals surface area contributed by atoms with Crippen molar-refractivity contribution in [1.82, 2.24) is 15.5 Å². The zero-order valence-corrected chi connectivity index (χ0v) is 18.5. The van der Waals surface area contributed by atoms with Crippen LogP contribution in [0.5, 0.6) is 0 Å². The molecule has 7 nitrogen and oxygen atoms in total. The second-order valence-electron chi connectivity index (χ2n) is 8.20. The molecule has 0 bridgehead atoms. The lowest BCUT2D eigenvalue weighted by Gasteiger charge is -2.25. The van der Waals surface area contributed by atoms with Crippen LogP contribution in [0.25, 0.3) is 11.5 Å². The number of aromatic nitrogens is 2. The van der Waals surface area contributed by atoms with E-state index in [0.717, 1.165) is 6.42 Å². The molecule has 1 aromatic heterocycles. The number of aryl methyl sites for hydroxylation is 1. The maximum Gasteiger partial charge on any atom is 0.269 e. The minimum Gasteiger partial charge on any atom is -0.419 e. The van der Waals surface area contributed by atoms with Gasteiger partial charge in [0.15, 0.2) is 0 Å². The number of benzene rings is 2. The zero-order valence-electron chi connectivity index (χ0n) is 18.5. The van der Waals surface area contributed by atoms with Crippen molar-refractivity contribution in [2.45, 2.75) is 59.0 Å². The van der Waals surface area contributed by atoms with Crippen molar-refractivity contribution in [2.75, 3.05) is 0 Å². The van der Waals surface area contributed by atoms with E-state index in [4.69, 9.17) is 4.42 Å². The number of hydrogen-bond donors (Lipinski definition) is 1. The minimum absolute atomic E-state index is 0.0269. The van der Waals surface area contributed by atoms with Gasteiger partial charge in [0.2, 0.25) is 11.8 Å². The van der Waals surface area contributed by atoms with E-state index < -0.39 is 4.92 Å². The number of nitro groups is 1. The van der Waals surface area contributed by atoms with Crippen molar-refractivity contribution >= 4 is 5.69 Å². The quantitative estimate of drug-likeness (QED) is 0.316. The van der Waals surface area contributed by atoms with E-state index in [1.807, 2.05) is 6.92 Å². The van der Waals surface area contributed by atoms with Crippen LogP contribution < -0.4 is 5.32 Å². The molecule has 0 saturated heterocycles. The molecule has 0 radical (unpaired) electrons. The van der Waals surface area contributed by atoms with Gasteiger partial charge in [0.05, 0.1) is 11.0 Å². The standard InChI is InChI=1S/C24H30N4O3/c1-5-6-7-18-8-10-19(11-9-18)22(16(2)3)25-17(4)23-26-27-24(31-23)20-12-14-21(15-13-20)28(29)30/h8-17,22,25H,5-7H2,1-4H3/t17-,22-/m0/s1. The first-order chi connectivity index (χ1) is 14.9. The van der Waals surface area contributed by atoms with E-state index >= 15 is 0 Å². The van der Waals surface area contributed by atoms with Crippen molar-refractivity contribution in [2.24, 2.45) is 5.92 Å². The fraction of sp³-hybridized carbons (Fsp3) is 0.417. The van der Waals surface area contributed by atoms with Crippen molar-refractivity contribution in [3.05, 3.63) is 75.7 Å². The van der Waals surface area contributed by atoms with Crippen LogP contribution in [0, 0.1) is 16.0 Å². The highest BCUT2D eigenvalue weighted by Gasteiger charge is 2.22. The lowest BCUT2D eigenvalue weighted by atomic mass is 9.94. The lowest BCUT2D eigenvalue weighted by molar-refractivity contribution is -0.384. The largest absolute Gasteiger partial charge is 0.419 e. The predicted molar refractivity (Wildman–Crippen MR) is 121 cm³/mol. The highest BCUT2D eigenvalue weighted by Crippen LogP contribution is 2.28. The summed E-state index contributed by atoms with van der Waals surface area (Å²) in [6.45, 7) is 8.58. The summed E-state index contributed by atoms with van der Waals surface area (Å²) < 4.78 is 5.86. The van der Waals surface area contributed by atoms with Crippen LogP contribution in [0.4, 0.5) is 5.69 Å². The van der Waals surface area contributed by atoms with Gasteiger partial charge in [-0.25, -0.2) is 0 Å². The minimum atomic E-state index is -0.433. The maximum absolute atomic E-state index is 10.8. The van der Waals surface area contributed by atoms with Crippen molar-refractivity contribution < 1.29 is 9.34 Å². The van der Waals surface area contributed by atoms with Gasteiger partial charge < -0.3 is 4.42 Å². The summed E-state index contributed by atoms with van der Waals surface area (Å²) in [4.78, 5) is 10.4. The van der Waals surface area contributed by atoms with Gasteiger partial charge in [-0.05, 0) is 48.9 Å². The Morgan fingerprint density at radius 2 is 1.71 bits per heavy atom. The van der Waals surface area contributed by atoms with Gasteiger partial charge in [0, 0.05) is 23.7 Å². The second kappa shape index (κ2) is 10.3. The van der Waals surface area contributed by atoms with Gasteiger partial charge in [-0.1, -0.05) is 51.5 Å². The molecule has 0 amide bonds. The fourth-order valence-corrected chi connectivity index (χ4v) is 3.54. The monoisotopic (exact) mass is 422 g/mol. The number of nitro benzene ring substituents is 1. The molecular weight excluding hydrogens is 392 g/mol. The molecule has 0 aliphatic heterocycles. The maximum atomic E-state index is 10.8. The van der Waals surface area contributed by atoms with E-state index in [9.17, 15) is 10.1 Å². The molecular formula is C24H30N4O3. The van der Waals surface area contributed by atoms with E-state index in [1.165, 1.54) is 36.1 Å². The average molecular weight is 423 g/mol. The third-order valence-electron chi connectivity index (χ3n) is 5.39. The average Bonchev–Trinajstić information content (AvgIpc) is 3.26. The summed E-state index contributed by atoms with van der Waals surface area (Å²) in [5.41, 5.74) is 3.28. The number of non-ortho nitro benzene ring substituents is 1. The molecule has 3 rings (SSSR count). The Bertz CT molecular complexity index is 981. The molecule has 0 spiro atoms. The molecule has 2 atom stereocenters. The van der Waals surface area contributed by atoms with Crippen LogP contribution >= 0.6 is 0 Å². The summed E-state index contributed by atoms with van der Waals surface area (Å²) in [7, 11) is 0. The Morgan fingerprint density at radius 3 is 2.29 bits per heavy atom. The van der Waals surface area contributed by atoms with E-state index in [2.05, 4.69) is 60.6 Å². The second-order valence-corrected chi connectivity index (χ2v) is 8.20. The van der Waals surface area contributed by atoms with Gasteiger partial charge in [-0.3, -0.25) is 15.4 Å². The number of hydrogen-bond acceptors (Lipinski definition) is 6. The predicted octanol–water partition coefficient (Wildman–Crippen LogP) is 6.04. The van der Waals surface area contributed by atoms with Crippen molar-refractivity contribution in [1.29, 1.82) is 0 Å². The van der Waals surface area contributed by atoms with Gasteiger partial charge in [0.25, 0.3) is 5.69 Å². The highest BCUT2D eigenvalue weighted by atomic mass is 16.6. The van der Waals surface area contributed by atoms with Crippen molar-refractivity contribution in [3.63, 3.8) is 0 Å². The van der Waals surface area contributed by atoms with E-state index in [-0.39, 0.29) is 17.8 Å². The fourth-order valence-electron chi connectivity index (χ4n) is 3.54. The van der Waals surface area contributed by atoms with Gasteiger partial charge >= 0.3 is 0 Å². The SMILES string of the molecule is CCCCc1ccc([C@@H](N[C@@H](C)c2nnc(-c3ccc([N+](=O)[O-])cc3)o2)C(C)C)cc1. The Hall–Kier alpha value is -3.06. The Balaban J connectivity index is 1.71. The first-order valence-electron chi connectivity index (χ1n) is 10.8. The third-order valence-corrected chi connectivity index (χ3v) is 5.39. The number of nitrogens with zero attached hydrogens (tertiary/aromatic N) is 3. The van der Waals surface area contributed by atoms with Gasteiger partial charge in [-0.15, -0.1) is 10.2 Å². The van der Waals surface area contributed by atoms with E-state index in [1.54, 1.807) is 12.1 Å². The lowest BCUT2D eigenvalue weighted by Crippen LogP contribution is -2.28. The van der Waals surface area contributed by atoms with Crippen LogP contribution in [-0.4, -0.2) is 15.1 Å². The molecule has 1 heterocycles. The first-order valence-corrected chi connectivity index (χ1v) is 10.8. The molecule has 0 aliphatic carbocycles. The summed E-state index contributed by atoms with van der Waals surface area (Å²) in [5, 5.41) is 22.8. The molecule has 7 heteroatoms.